The van der Waals surface area contributed by atoms with Crippen molar-refractivity contribution < 1.29 is 0 Å². The van der Waals surface area contributed by atoms with Gasteiger partial charge >= 0.3 is 0 Å². The van der Waals surface area contributed by atoms with Gasteiger partial charge in [-0.1, -0.05) is 48.5 Å². The van der Waals surface area contributed by atoms with Crippen LogP contribution < -0.4 is 21.7 Å². The molecule has 0 aromatic carbocycles. The Morgan fingerprint density at radius 1 is 0.457 bits per heavy atom. The number of hydrogen-bond acceptors (Lipinski definition) is 4. The van der Waals surface area contributed by atoms with E-state index in [1.165, 1.54) is 109 Å². The first kappa shape index (κ1) is 40.3. The molecule has 0 spiro atoms. The van der Waals surface area contributed by atoms with Crippen LogP contribution in [0.3, 0.4) is 0 Å². The average Bonchev–Trinajstić information content (AvgIpc) is 3.03. The summed E-state index contributed by atoms with van der Waals surface area (Å²) in [5.74, 6) is 7.20. The Morgan fingerprint density at radius 2 is 0.739 bits per heavy atom. The summed E-state index contributed by atoms with van der Waals surface area (Å²) in [6.45, 7) is 23.7. The van der Waals surface area contributed by atoms with Gasteiger partial charge in [0.1, 0.15) is 0 Å². The summed E-state index contributed by atoms with van der Waals surface area (Å²) in [4.78, 5) is 0. The van der Waals surface area contributed by atoms with Crippen LogP contribution in [0.15, 0.2) is 0 Å². The van der Waals surface area contributed by atoms with Crippen molar-refractivity contribution in [3.63, 3.8) is 0 Å². The highest BCUT2D eigenvalue weighted by Crippen LogP contribution is 2.40. The summed E-state index contributed by atoms with van der Waals surface area (Å²) < 4.78 is 0. The maximum absolute atomic E-state index is 6.17. The van der Waals surface area contributed by atoms with E-state index in [-0.39, 0.29) is 0 Å². The minimum atomic E-state index is 0.468. The lowest BCUT2D eigenvalue weighted by Gasteiger charge is -2.40. The van der Waals surface area contributed by atoms with Gasteiger partial charge in [-0.2, -0.15) is 0 Å². The molecule has 0 radical (unpaired) electrons. The van der Waals surface area contributed by atoms with Gasteiger partial charge in [0.2, 0.25) is 0 Å². The van der Waals surface area contributed by atoms with Crippen LogP contribution in [-0.4, -0.2) is 42.3 Å². The van der Waals surface area contributed by atoms with Crippen LogP contribution in [0.5, 0.6) is 0 Å². The summed E-state index contributed by atoms with van der Waals surface area (Å²) >= 11 is 0. The molecule has 15 unspecified atom stereocenters. The minimum absolute atomic E-state index is 0.468. The number of nitrogens with two attached hydrogens (primary N) is 1. The molecular weight excluding hydrogens is 560 g/mol. The first-order chi connectivity index (χ1) is 21.9. The highest BCUT2D eigenvalue weighted by atomic mass is 15.0. The Bertz CT molecular complexity index is 769. The summed E-state index contributed by atoms with van der Waals surface area (Å²) in [6, 6.07) is 4.79. The molecule has 0 saturated heterocycles. The molecule has 4 aliphatic carbocycles. The van der Waals surface area contributed by atoms with Gasteiger partial charge in [-0.05, 0) is 177 Å². The first-order valence-electron chi connectivity index (χ1n) is 21.0. The zero-order chi connectivity index (χ0) is 33.8. The molecule has 0 amide bonds. The molecule has 272 valence electrons. The van der Waals surface area contributed by atoms with Crippen molar-refractivity contribution in [3.8, 4) is 0 Å². The van der Waals surface area contributed by atoms with Crippen LogP contribution in [0.4, 0.5) is 0 Å². The van der Waals surface area contributed by atoms with E-state index in [4.69, 9.17) is 5.73 Å². The van der Waals surface area contributed by atoms with Crippen LogP contribution >= 0.6 is 0 Å². The summed E-state index contributed by atoms with van der Waals surface area (Å²) in [5.41, 5.74) is 6.17. The Kier molecular flexibility index (Phi) is 17.9. The molecule has 4 heteroatoms. The van der Waals surface area contributed by atoms with Crippen molar-refractivity contribution in [3.05, 3.63) is 0 Å². The van der Waals surface area contributed by atoms with E-state index < -0.39 is 0 Å². The molecular formula is C42H84N4. The smallest absolute Gasteiger partial charge is 0.00953 e. The van der Waals surface area contributed by atoms with Gasteiger partial charge in [-0.25, -0.2) is 0 Å². The molecule has 5 N–H and O–H groups in total. The monoisotopic (exact) mass is 645 g/mol. The third-order valence-corrected chi connectivity index (χ3v) is 13.8. The van der Waals surface area contributed by atoms with Crippen molar-refractivity contribution in [2.24, 2.45) is 53.1 Å². The molecule has 4 aliphatic rings. The second-order valence-electron chi connectivity index (χ2n) is 18.0. The number of rotatable bonds is 13. The standard InChI is InChI=1S/C23H46N2.C19H38N2/c1-7-18(5)24-22-11-9-20(13-16(22)3)15-21-10-12-23(17(4)14-21)25-19(6)8-2;1-5-15(4)21-19-9-7-17(11-14(19)3)12-16-6-8-18(20)13(2)10-16/h16-25H,7-15H2,1-6H3;13-19,21H,5-12,20H2,1-4H3. The fourth-order valence-electron chi connectivity index (χ4n) is 10.0. The van der Waals surface area contributed by atoms with Crippen molar-refractivity contribution in [2.45, 2.75) is 221 Å². The van der Waals surface area contributed by atoms with Crippen LogP contribution in [0.25, 0.3) is 0 Å². The molecule has 0 bridgehead atoms. The van der Waals surface area contributed by atoms with Crippen molar-refractivity contribution in [1.29, 1.82) is 0 Å². The highest BCUT2D eigenvalue weighted by Gasteiger charge is 2.34. The molecule has 0 aromatic rings. The van der Waals surface area contributed by atoms with E-state index in [0.29, 0.717) is 24.2 Å². The van der Waals surface area contributed by atoms with E-state index in [0.717, 1.165) is 65.5 Å². The van der Waals surface area contributed by atoms with Crippen LogP contribution in [-0.2, 0) is 0 Å². The van der Waals surface area contributed by atoms with Crippen molar-refractivity contribution in [2.75, 3.05) is 0 Å². The number of nitrogens with one attached hydrogen (secondary N) is 3. The lowest BCUT2D eigenvalue weighted by Crippen LogP contribution is -2.45. The van der Waals surface area contributed by atoms with Gasteiger partial charge in [-0.3, -0.25) is 0 Å². The lowest BCUT2D eigenvalue weighted by molar-refractivity contribution is 0.142. The molecule has 0 heterocycles. The quantitative estimate of drug-likeness (QED) is 0.161. The highest BCUT2D eigenvalue weighted by molar-refractivity contribution is 4.89. The maximum atomic E-state index is 6.17. The molecule has 15 atom stereocenters. The Morgan fingerprint density at radius 3 is 1.00 bits per heavy atom. The number of hydrogen-bond donors (Lipinski definition) is 4. The van der Waals surface area contributed by atoms with Crippen LogP contribution in [0.2, 0.25) is 0 Å². The Balaban J connectivity index is 0.000000254. The second kappa shape index (κ2) is 20.5. The molecule has 4 nitrogen and oxygen atoms in total. The van der Waals surface area contributed by atoms with E-state index in [1.807, 2.05) is 0 Å². The topological polar surface area (TPSA) is 62.1 Å². The Labute approximate surface area is 289 Å². The summed E-state index contributed by atoms with van der Waals surface area (Å²) in [6.07, 6.45) is 23.6. The van der Waals surface area contributed by atoms with Gasteiger partial charge in [0, 0.05) is 42.3 Å². The summed E-state index contributed by atoms with van der Waals surface area (Å²) in [7, 11) is 0. The van der Waals surface area contributed by atoms with Crippen LogP contribution in [0.1, 0.15) is 178 Å². The maximum Gasteiger partial charge on any atom is 0.00953 e. The van der Waals surface area contributed by atoms with E-state index >= 15 is 0 Å². The molecule has 0 aliphatic heterocycles. The SMILES string of the molecule is CCC(C)NC1CCC(CC2CCC(N)C(C)C2)CC1C.CCC(C)NC1CCC(CC2CCC(NC(C)CC)C(C)C2)CC1C. The fourth-order valence-corrected chi connectivity index (χ4v) is 10.0. The van der Waals surface area contributed by atoms with Crippen LogP contribution in [0, 0.1) is 47.3 Å². The zero-order valence-electron chi connectivity index (χ0n) is 32.8. The molecule has 4 saturated carbocycles. The zero-order valence-corrected chi connectivity index (χ0v) is 32.8. The lowest BCUT2D eigenvalue weighted by atomic mass is 9.70. The Hall–Kier alpha value is -0.160. The molecule has 4 rings (SSSR count). The van der Waals surface area contributed by atoms with Gasteiger partial charge in [-0.15, -0.1) is 0 Å². The predicted octanol–water partition coefficient (Wildman–Crippen LogP) is 10.1. The second-order valence-corrected chi connectivity index (χ2v) is 18.0. The van der Waals surface area contributed by atoms with Gasteiger partial charge in [0.25, 0.3) is 0 Å². The fraction of sp³-hybridized carbons (Fsp3) is 1.00. The molecule has 0 aromatic heterocycles. The summed E-state index contributed by atoms with van der Waals surface area (Å²) in [5, 5.41) is 11.6. The first-order valence-corrected chi connectivity index (χ1v) is 21.0. The van der Waals surface area contributed by atoms with Gasteiger partial charge < -0.3 is 21.7 Å². The van der Waals surface area contributed by atoms with Gasteiger partial charge in [0.15, 0.2) is 0 Å². The predicted molar refractivity (Wildman–Crippen MR) is 203 cm³/mol. The minimum Gasteiger partial charge on any atom is -0.327 e. The van der Waals surface area contributed by atoms with E-state index in [2.05, 4.69) is 85.2 Å². The average molecular weight is 645 g/mol. The molecule has 4 fully saturated rings. The van der Waals surface area contributed by atoms with Crippen molar-refractivity contribution >= 4 is 0 Å². The van der Waals surface area contributed by atoms with E-state index in [1.54, 1.807) is 0 Å². The van der Waals surface area contributed by atoms with Gasteiger partial charge in [0.05, 0.1) is 0 Å². The third kappa shape index (κ3) is 13.3. The molecule has 46 heavy (non-hydrogen) atoms. The normalized spacial score (nSPS) is 40.8. The van der Waals surface area contributed by atoms with E-state index in [9.17, 15) is 0 Å². The third-order valence-electron chi connectivity index (χ3n) is 13.8. The van der Waals surface area contributed by atoms with Crippen molar-refractivity contribution in [1.82, 2.24) is 16.0 Å². The largest absolute Gasteiger partial charge is 0.327 e.